The number of benzene rings is 1. The van der Waals surface area contributed by atoms with E-state index in [1.807, 2.05) is 25.1 Å². The highest BCUT2D eigenvalue weighted by atomic mass is 32.1. The Kier molecular flexibility index (Phi) is 3.58. The number of carbonyl (C=O) groups is 1. The quantitative estimate of drug-likeness (QED) is 0.847. The number of thiocarbonyl (C=S) groups is 1. The van der Waals surface area contributed by atoms with Crippen molar-refractivity contribution in [3.05, 3.63) is 23.8 Å². The molecular formula is C12H13N3OS2. The van der Waals surface area contributed by atoms with Crippen LogP contribution in [-0.2, 0) is 4.79 Å². The van der Waals surface area contributed by atoms with Gasteiger partial charge in [-0.25, -0.2) is 4.98 Å². The van der Waals surface area contributed by atoms with Crippen molar-refractivity contribution < 1.29 is 4.79 Å². The number of thiazole rings is 1. The van der Waals surface area contributed by atoms with Gasteiger partial charge in [-0.15, -0.1) is 0 Å². The maximum absolute atomic E-state index is 11.8. The van der Waals surface area contributed by atoms with Crippen molar-refractivity contribution in [3.63, 3.8) is 0 Å². The summed E-state index contributed by atoms with van der Waals surface area (Å²) in [6.45, 7) is 3.70. The zero-order valence-corrected chi connectivity index (χ0v) is 11.7. The highest BCUT2D eigenvalue weighted by Crippen LogP contribution is 2.26. The van der Waals surface area contributed by atoms with Gasteiger partial charge in [-0.3, -0.25) is 4.79 Å². The molecule has 0 saturated heterocycles. The number of rotatable bonds is 3. The predicted octanol–water partition coefficient (Wildman–Crippen LogP) is 2.47. The van der Waals surface area contributed by atoms with Crippen LogP contribution >= 0.6 is 23.6 Å². The minimum absolute atomic E-state index is 0.185. The molecule has 0 aliphatic rings. The Morgan fingerprint density at radius 1 is 1.56 bits per heavy atom. The summed E-state index contributed by atoms with van der Waals surface area (Å²) < 4.78 is 1.05. The van der Waals surface area contributed by atoms with Gasteiger partial charge in [0.1, 0.15) is 0 Å². The third-order valence-corrected chi connectivity index (χ3v) is 3.88. The fraction of sp³-hybridized carbons (Fsp3) is 0.250. The van der Waals surface area contributed by atoms with Crippen molar-refractivity contribution in [2.75, 3.05) is 5.32 Å². The van der Waals surface area contributed by atoms with Crippen molar-refractivity contribution in [3.8, 4) is 0 Å². The Morgan fingerprint density at radius 2 is 2.28 bits per heavy atom. The molecule has 94 valence electrons. The van der Waals surface area contributed by atoms with E-state index >= 15 is 0 Å². The molecule has 2 rings (SSSR count). The molecule has 1 atom stereocenters. The molecule has 1 aromatic carbocycles. The SMILES string of the molecule is Cc1ccc2nc(NC(=O)C(C)C(N)=S)sc2c1. The molecule has 1 heterocycles. The molecule has 2 aromatic rings. The maximum atomic E-state index is 11.8. The second kappa shape index (κ2) is 4.99. The number of amides is 1. The Labute approximate surface area is 114 Å². The largest absolute Gasteiger partial charge is 0.393 e. The van der Waals surface area contributed by atoms with Gasteiger partial charge in [-0.1, -0.05) is 29.6 Å². The van der Waals surface area contributed by atoms with Gasteiger partial charge < -0.3 is 11.1 Å². The van der Waals surface area contributed by atoms with Gasteiger partial charge in [-0.05, 0) is 31.5 Å². The first kappa shape index (κ1) is 12.9. The van der Waals surface area contributed by atoms with Gasteiger partial charge in [0.15, 0.2) is 5.13 Å². The van der Waals surface area contributed by atoms with E-state index < -0.39 is 5.92 Å². The summed E-state index contributed by atoms with van der Waals surface area (Å²) >= 11 is 6.23. The third kappa shape index (κ3) is 2.65. The summed E-state index contributed by atoms with van der Waals surface area (Å²) in [5.41, 5.74) is 7.48. The van der Waals surface area contributed by atoms with Crippen LogP contribution in [0.4, 0.5) is 5.13 Å². The van der Waals surface area contributed by atoms with Gasteiger partial charge >= 0.3 is 0 Å². The predicted molar refractivity (Wildman–Crippen MR) is 78.9 cm³/mol. The van der Waals surface area contributed by atoms with Crippen LogP contribution in [0.25, 0.3) is 10.2 Å². The first-order chi connectivity index (χ1) is 8.47. The second-order valence-electron chi connectivity index (χ2n) is 4.10. The normalized spacial score (nSPS) is 12.3. The molecule has 0 aliphatic heterocycles. The van der Waals surface area contributed by atoms with E-state index in [4.69, 9.17) is 18.0 Å². The van der Waals surface area contributed by atoms with Crippen LogP contribution in [0.5, 0.6) is 0 Å². The fourth-order valence-electron chi connectivity index (χ4n) is 1.43. The lowest BCUT2D eigenvalue weighted by atomic mass is 10.2. The van der Waals surface area contributed by atoms with Crippen LogP contribution in [-0.4, -0.2) is 15.9 Å². The van der Waals surface area contributed by atoms with Crippen LogP contribution < -0.4 is 11.1 Å². The molecular weight excluding hydrogens is 266 g/mol. The second-order valence-corrected chi connectivity index (χ2v) is 5.61. The number of aryl methyl sites for hydroxylation is 1. The van der Waals surface area contributed by atoms with Crippen LogP contribution in [0.2, 0.25) is 0 Å². The number of nitrogens with zero attached hydrogens (tertiary/aromatic N) is 1. The van der Waals surface area contributed by atoms with Crippen molar-refractivity contribution in [1.29, 1.82) is 0 Å². The Bertz CT molecular complexity index is 621. The van der Waals surface area contributed by atoms with Crippen LogP contribution in [0.1, 0.15) is 12.5 Å². The van der Waals surface area contributed by atoms with E-state index in [-0.39, 0.29) is 10.9 Å². The van der Waals surface area contributed by atoms with Gasteiger partial charge in [0.25, 0.3) is 0 Å². The third-order valence-electron chi connectivity index (χ3n) is 2.59. The number of anilines is 1. The summed E-state index contributed by atoms with van der Waals surface area (Å²) in [5, 5.41) is 3.31. The van der Waals surface area contributed by atoms with Crippen LogP contribution in [0.3, 0.4) is 0 Å². The molecule has 6 heteroatoms. The zero-order chi connectivity index (χ0) is 13.3. The van der Waals surface area contributed by atoms with Crippen LogP contribution in [0, 0.1) is 12.8 Å². The molecule has 0 fully saturated rings. The lowest BCUT2D eigenvalue weighted by molar-refractivity contribution is -0.117. The molecule has 1 unspecified atom stereocenters. The van der Waals surface area contributed by atoms with E-state index in [9.17, 15) is 4.79 Å². The average Bonchev–Trinajstić information content (AvgIpc) is 2.68. The van der Waals surface area contributed by atoms with E-state index in [1.54, 1.807) is 6.92 Å². The Hall–Kier alpha value is -1.53. The van der Waals surface area contributed by atoms with Gasteiger partial charge in [-0.2, -0.15) is 0 Å². The Morgan fingerprint density at radius 3 is 2.94 bits per heavy atom. The van der Waals surface area contributed by atoms with Gasteiger partial charge in [0.2, 0.25) is 5.91 Å². The summed E-state index contributed by atoms with van der Waals surface area (Å²) in [7, 11) is 0. The van der Waals surface area contributed by atoms with Crippen LogP contribution in [0.15, 0.2) is 18.2 Å². The number of nitrogens with one attached hydrogen (secondary N) is 1. The molecule has 0 aliphatic carbocycles. The molecule has 0 bridgehead atoms. The van der Waals surface area contributed by atoms with Gasteiger partial charge in [0, 0.05) is 0 Å². The van der Waals surface area contributed by atoms with E-state index in [1.165, 1.54) is 16.9 Å². The van der Waals surface area contributed by atoms with Crippen molar-refractivity contribution in [1.82, 2.24) is 4.98 Å². The first-order valence-electron chi connectivity index (χ1n) is 5.45. The Balaban J connectivity index is 2.22. The van der Waals surface area contributed by atoms with Crippen molar-refractivity contribution >= 4 is 49.8 Å². The topological polar surface area (TPSA) is 68.0 Å². The molecule has 3 N–H and O–H groups in total. The smallest absolute Gasteiger partial charge is 0.235 e. The fourth-order valence-corrected chi connectivity index (χ4v) is 2.50. The van der Waals surface area contributed by atoms with E-state index in [0.29, 0.717) is 5.13 Å². The summed E-state index contributed by atoms with van der Waals surface area (Å²) in [6.07, 6.45) is 0. The number of nitrogens with two attached hydrogens (primary N) is 1. The number of aromatic nitrogens is 1. The number of hydrogen-bond acceptors (Lipinski definition) is 4. The lowest BCUT2D eigenvalue weighted by Crippen LogP contribution is -2.30. The first-order valence-corrected chi connectivity index (χ1v) is 6.67. The molecule has 0 spiro atoms. The number of hydrogen-bond donors (Lipinski definition) is 2. The molecule has 4 nitrogen and oxygen atoms in total. The number of carbonyl (C=O) groups excluding carboxylic acids is 1. The molecule has 1 aromatic heterocycles. The maximum Gasteiger partial charge on any atom is 0.235 e. The summed E-state index contributed by atoms with van der Waals surface area (Å²) in [5.74, 6) is -0.716. The average molecular weight is 279 g/mol. The molecule has 0 saturated carbocycles. The van der Waals surface area contributed by atoms with Crippen molar-refractivity contribution in [2.45, 2.75) is 13.8 Å². The van der Waals surface area contributed by atoms with E-state index in [2.05, 4.69) is 10.3 Å². The zero-order valence-electron chi connectivity index (χ0n) is 10.1. The van der Waals surface area contributed by atoms with E-state index in [0.717, 1.165) is 10.2 Å². The molecule has 18 heavy (non-hydrogen) atoms. The molecule has 0 radical (unpaired) electrons. The summed E-state index contributed by atoms with van der Waals surface area (Å²) in [6, 6.07) is 5.97. The lowest BCUT2D eigenvalue weighted by Gasteiger charge is -2.07. The molecule has 1 amide bonds. The van der Waals surface area contributed by atoms with Crippen molar-refractivity contribution in [2.24, 2.45) is 11.7 Å². The standard InChI is InChI=1S/C12H13N3OS2/c1-6-3-4-8-9(5-6)18-12(14-8)15-11(16)7(2)10(13)17/h3-5,7H,1-2H3,(H2,13,17)(H,14,15,16). The number of fused-ring (bicyclic) bond motifs is 1. The minimum atomic E-state index is -0.492. The van der Waals surface area contributed by atoms with Gasteiger partial charge in [0.05, 0.1) is 21.1 Å². The minimum Gasteiger partial charge on any atom is -0.393 e. The highest BCUT2D eigenvalue weighted by molar-refractivity contribution is 7.80. The monoisotopic (exact) mass is 279 g/mol. The summed E-state index contributed by atoms with van der Waals surface area (Å²) in [4.78, 5) is 16.3. The highest BCUT2D eigenvalue weighted by Gasteiger charge is 2.17.